The van der Waals surface area contributed by atoms with Crippen molar-refractivity contribution in [3.8, 4) is 0 Å². The van der Waals surface area contributed by atoms with Crippen molar-refractivity contribution in [2.45, 2.75) is 71.3 Å². The fraction of sp³-hybridized carbons (Fsp3) is 0.938. The first kappa shape index (κ1) is 14.8. The molecule has 1 aliphatic heterocycles. The Morgan fingerprint density at radius 1 is 1.21 bits per heavy atom. The number of amides is 1. The maximum absolute atomic E-state index is 12.7. The quantitative estimate of drug-likeness (QED) is 0.835. The molecule has 1 aliphatic carbocycles. The Hall–Kier alpha value is -0.570. The van der Waals surface area contributed by atoms with Crippen LogP contribution < -0.4 is 5.73 Å². The lowest BCUT2D eigenvalue weighted by Crippen LogP contribution is -2.55. The SMILES string of the molecule is CCC1(C)CCN(C(=O)C2CCCCC2(C)N)CC1. The van der Waals surface area contributed by atoms with Gasteiger partial charge in [-0.05, 0) is 38.0 Å². The van der Waals surface area contributed by atoms with Gasteiger partial charge in [-0.3, -0.25) is 4.79 Å². The lowest BCUT2D eigenvalue weighted by atomic mass is 9.73. The van der Waals surface area contributed by atoms with Crippen molar-refractivity contribution >= 4 is 5.91 Å². The Bertz CT molecular complexity index is 330. The zero-order valence-electron chi connectivity index (χ0n) is 12.9. The van der Waals surface area contributed by atoms with Crippen LogP contribution in [-0.4, -0.2) is 29.4 Å². The van der Waals surface area contributed by atoms with E-state index in [1.165, 1.54) is 12.8 Å². The maximum atomic E-state index is 12.7. The van der Waals surface area contributed by atoms with Gasteiger partial charge in [0, 0.05) is 18.6 Å². The molecule has 19 heavy (non-hydrogen) atoms. The normalized spacial score (nSPS) is 35.2. The largest absolute Gasteiger partial charge is 0.342 e. The molecule has 3 heteroatoms. The van der Waals surface area contributed by atoms with Crippen molar-refractivity contribution in [3.05, 3.63) is 0 Å². The zero-order chi connectivity index (χ0) is 14.1. The molecule has 2 atom stereocenters. The number of carbonyl (C=O) groups is 1. The van der Waals surface area contributed by atoms with E-state index < -0.39 is 0 Å². The van der Waals surface area contributed by atoms with Gasteiger partial charge < -0.3 is 10.6 Å². The van der Waals surface area contributed by atoms with Crippen LogP contribution in [0.3, 0.4) is 0 Å². The molecule has 2 unspecified atom stereocenters. The van der Waals surface area contributed by atoms with Crippen LogP contribution in [0.5, 0.6) is 0 Å². The van der Waals surface area contributed by atoms with Gasteiger partial charge in [-0.25, -0.2) is 0 Å². The molecule has 2 rings (SSSR count). The van der Waals surface area contributed by atoms with E-state index in [0.717, 1.165) is 45.2 Å². The first-order valence-corrected chi connectivity index (χ1v) is 7.96. The van der Waals surface area contributed by atoms with E-state index in [-0.39, 0.29) is 11.5 Å². The summed E-state index contributed by atoms with van der Waals surface area (Å²) in [5, 5.41) is 0. The summed E-state index contributed by atoms with van der Waals surface area (Å²) in [4.78, 5) is 14.8. The molecule has 0 radical (unpaired) electrons. The number of likely N-dealkylation sites (tertiary alicyclic amines) is 1. The molecule has 0 aromatic heterocycles. The van der Waals surface area contributed by atoms with E-state index in [9.17, 15) is 4.79 Å². The smallest absolute Gasteiger partial charge is 0.227 e. The maximum Gasteiger partial charge on any atom is 0.227 e. The fourth-order valence-electron chi connectivity index (χ4n) is 3.60. The highest BCUT2D eigenvalue weighted by Crippen LogP contribution is 2.37. The average molecular weight is 266 g/mol. The van der Waals surface area contributed by atoms with Gasteiger partial charge in [-0.1, -0.05) is 33.1 Å². The summed E-state index contributed by atoms with van der Waals surface area (Å²) in [6.45, 7) is 8.53. The molecular weight excluding hydrogens is 236 g/mol. The van der Waals surface area contributed by atoms with Crippen LogP contribution in [0.1, 0.15) is 65.7 Å². The molecule has 2 N–H and O–H groups in total. The van der Waals surface area contributed by atoms with Gasteiger partial charge in [-0.2, -0.15) is 0 Å². The molecule has 1 heterocycles. The molecule has 2 aliphatic rings. The third kappa shape index (κ3) is 3.13. The molecule has 3 nitrogen and oxygen atoms in total. The summed E-state index contributed by atoms with van der Waals surface area (Å²) < 4.78 is 0. The van der Waals surface area contributed by atoms with E-state index in [4.69, 9.17) is 5.73 Å². The van der Waals surface area contributed by atoms with Crippen LogP contribution >= 0.6 is 0 Å². The van der Waals surface area contributed by atoms with Crippen LogP contribution in [0.2, 0.25) is 0 Å². The Morgan fingerprint density at radius 2 is 1.84 bits per heavy atom. The van der Waals surface area contributed by atoms with Crippen LogP contribution in [0.15, 0.2) is 0 Å². The number of carbonyl (C=O) groups excluding carboxylic acids is 1. The van der Waals surface area contributed by atoms with Crippen molar-refractivity contribution in [1.82, 2.24) is 4.90 Å². The van der Waals surface area contributed by atoms with Crippen molar-refractivity contribution in [1.29, 1.82) is 0 Å². The van der Waals surface area contributed by atoms with Crippen molar-refractivity contribution in [3.63, 3.8) is 0 Å². The summed E-state index contributed by atoms with van der Waals surface area (Å²) in [6.07, 6.45) is 7.80. The number of nitrogens with two attached hydrogens (primary N) is 1. The number of rotatable bonds is 2. The molecular formula is C16H30N2O. The molecule has 1 saturated heterocycles. The van der Waals surface area contributed by atoms with Gasteiger partial charge in [0.1, 0.15) is 0 Å². The minimum atomic E-state index is -0.291. The minimum Gasteiger partial charge on any atom is -0.342 e. The van der Waals surface area contributed by atoms with Crippen molar-refractivity contribution < 1.29 is 4.79 Å². The van der Waals surface area contributed by atoms with Crippen LogP contribution in [-0.2, 0) is 4.79 Å². The van der Waals surface area contributed by atoms with Gasteiger partial charge in [0.25, 0.3) is 0 Å². The average Bonchev–Trinajstić information content (AvgIpc) is 2.38. The Labute approximate surface area is 117 Å². The second-order valence-corrected chi connectivity index (χ2v) is 7.29. The number of piperidine rings is 1. The summed E-state index contributed by atoms with van der Waals surface area (Å²) in [5.74, 6) is 0.370. The molecule has 0 aromatic rings. The summed E-state index contributed by atoms with van der Waals surface area (Å²) in [6, 6.07) is 0. The third-order valence-corrected chi connectivity index (χ3v) is 5.69. The van der Waals surface area contributed by atoms with E-state index in [0.29, 0.717) is 11.3 Å². The predicted octanol–water partition coefficient (Wildman–Crippen LogP) is 2.93. The van der Waals surface area contributed by atoms with E-state index in [2.05, 4.69) is 25.7 Å². The second kappa shape index (κ2) is 5.43. The predicted molar refractivity (Wildman–Crippen MR) is 78.8 cm³/mol. The standard InChI is InChI=1S/C16H30N2O/c1-4-15(2)9-11-18(12-10-15)14(19)13-7-5-6-8-16(13,3)17/h13H,4-12,17H2,1-3H3. The van der Waals surface area contributed by atoms with Gasteiger partial charge in [0.15, 0.2) is 0 Å². The minimum absolute atomic E-state index is 0.0484. The first-order valence-electron chi connectivity index (χ1n) is 7.96. The first-order chi connectivity index (χ1) is 8.88. The van der Waals surface area contributed by atoms with E-state index >= 15 is 0 Å². The zero-order valence-corrected chi connectivity index (χ0v) is 12.9. The highest BCUT2D eigenvalue weighted by atomic mass is 16.2. The molecule has 110 valence electrons. The second-order valence-electron chi connectivity index (χ2n) is 7.29. The van der Waals surface area contributed by atoms with Gasteiger partial charge in [0.2, 0.25) is 5.91 Å². The number of hydrogen-bond donors (Lipinski definition) is 1. The molecule has 0 bridgehead atoms. The topological polar surface area (TPSA) is 46.3 Å². The van der Waals surface area contributed by atoms with Gasteiger partial charge >= 0.3 is 0 Å². The van der Waals surface area contributed by atoms with E-state index in [1.54, 1.807) is 0 Å². The highest BCUT2D eigenvalue weighted by Gasteiger charge is 2.41. The fourth-order valence-corrected chi connectivity index (χ4v) is 3.60. The highest BCUT2D eigenvalue weighted by molar-refractivity contribution is 5.80. The molecule has 0 aromatic carbocycles. The molecule has 2 fully saturated rings. The summed E-state index contributed by atoms with van der Waals surface area (Å²) in [5.41, 5.74) is 6.51. The van der Waals surface area contributed by atoms with E-state index in [1.807, 2.05) is 0 Å². The van der Waals surface area contributed by atoms with Crippen LogP contribution in [0, 0.1) is 11.3 Å². The van der Waals surface area contributed by atoms with Gasteiger partial charge in [0.05, 0.1) is 5.92 Å². The molecule has 1 amide bonds. The molecule has 1 saturated carbocycles. The third-order valence-electron chi connectivity index (χ3n) is 5.69. The number of hydrogen-bond acceptors (Lipinski definition) is 2. The lowest BCUT2D eigenvalue weighted by molar-refractivity contribution is -0.141. The summed E-state index contributed by atoms with van der Waals surface area (Å²) >= 11 is 0. The van der Waals surface area contributed by atoms with Crippen LogP contribution in [0.25, 0.3) is 0 Å². The van der Waals surface area contributed by atoms with Crippen molar-refractivity contribution in [2.24, 2.45) is 17.1 Å². The Balaban J connectivity index is 1.97. The Morgan fingerprint density at radius 3 is 2.37 bits per heavy atom. The molecule has 0 spiro atoms. The Kier molecular flexibility index (Phi) is 4.24. The monoisotopic (exact) mass is 266 g/mol. The lowest BCUT2D eigenvalue weighted by Gasteiger charge is -2.44. The number of nitrogens with zero attached hydrogens (tertiary/aromatic N) is 1. The van der Waals surface area contributed by atoms with Gasteiger partial charge in [-0.15, -0.1) is 0 Å². The summed E-state index contributed by atoms with van der Waals surface area (Å²) in [7, 11) is 0. The van der Waals surface area contributed by atoms with Crippen molar-refractivity contribution in [2.75, 3.05) is 13.1 Å². The van der Waals surface area contributed by atoms with Crippen LogP contribution in [0.4, 0.5) is 0 Å².